The fourth-order valence-electron chi connectivity index (χ4n) is 0.782. The van der Waals surface area contributed by atoms with Crippen LogP contribution in [0.1, 0.15) is 20.3 Å². The zero-order valence-electron chi connectivity index (χ0n) is 8.73. The second kappa shape index (κ2) is 8.08. The lowest BCUT2D eigenvalue weighted by Gasteiger charge is -2.10. The normalized spacial score (nSPS) is 14.9. The highest BCUT2D eigenvalue weighted by Gasteiger charge is 2.13. The van der Waals surface area contributed by atoms with Gasteiger partial charge in [-0.3, -0.25) is 4.79 Å². The number of carbonyl (C=O) groups is 1. The number of rotatable bonds is 7. The highest BCUT2D eigenvalue weighted by Crippen LogP contribution is 2.06. The molecule has 14 heavy (non-hydrogen) atoms. The van der Waals surface area contributed by atoms with E-state index in [-0.39, 0.29) is 12.1 Å². The number of hydrogen-bond acceptors (Lipinski definition) is 5. The van der Waals surface area contributed by atoms with Gasteiger partial charge >= 0.3 is 5.97 Å². The molecule has 0 aromatic heterocycles. The quantitative estimate of drug-likeness (QED) is 0.480. The highest BCUT2D eigenvalue weighted by molar-refractivity contribution is 7.99. The van der Waals surface area contributed by atoms with Gasteiger partial charge in [-0.1, -0.05) is 0 Å². The number of ether oxygens (including phenoxy) is 1. The van der Waals surface area contributed by atoms with Crippen molar-refractivity contribution in [2.24, 2.45) is 5.73 Å². The van der Waals surface area contributed by atoms with Crippen LogP contribution < -0.4 is 5.73 Å². The third-order valence-corrected chi connectivity index (χ3v) is 2.69. The van der Waals surface area contributed by atoms with Gasteiger partial charge in [-0.15, -0.1) is 0 Å². The summed E-state index contributed by atoms with van der Waals surface area (Å²) in [7, 11) is 0. The fraction of sp³-hybridized carbons (Fsp3) is 0.889. The lowest BCUT2D eigenvalue weighted by Crippen LogP contribution is -2.34. The minimum absolute atomic E-state index is 0.290. The van der Waals surface area contributed by atoms with Crippen molar-refractivity contribution in [1.29, 1.82) is 0 Å². The van der Waals surface area contributed by atoms with Crippen molar-refractivity contribution in [2.45, 2.75) is 32.4 Å². The number of esters is 1. The van der Waals surface area contributed by atoms with Gasteiger partial charge in [0.1, 0.15) is 6.04 Å². The van der Waals surface area contributed by atoms with E-state index in [1.54, 1.807) is 25.6 Å². The smallest absolute Gasteiger partial charge is 0.323 e. The number of aliphatic hydroxyl groups excluding tert-OH is 1. The lowest BCUT2D eigenvalue weighted by atomic mass is 10.3. The predicted octanol–water partition coefficient (Wildman–Crippen LogP) is 0.381. The molecule has 0 amide bonds. The topological polar surface area (TPSA) is 72.5 Å². The number of nitrogens with two attached hydrogens (primary N) is 1. The average Bonchev–Trinajstić information content (AvgIpc) is 2.12. The van der Waals surface area contributed by atoms with Crippen LogP contribution in [0.3, 0.4) is 0 Å². The molecule has 84 valence electrons. The molecule has 4 nitrogen and oxygen atoms in total. The van der Waals surface area contributed by atoms with Gasteiger partial charge in [-0.05, 0) is 26.0 Å². The van der Waals surface area contributed by atoms with Crippen LogP contribution in [-0.2, 0) is 9.53 Å². The van der Waals surface area contributed by atoms with Crippen LogP contribution in [0.25, 0.3) is 0 Å². The van der Waals surface area contributed by atoms with Gasteiger partial charge in [0.15, 0.2) is 0 Å². The Hall–Kier alpha value is -0.260. The Labute approximate surface area is 89.2 Å². The van der Waals surface area contributed by atoms with Crippen LogP contribution in [0.15, 0.2) is 0 Å². The monoisotopic (exact) mass is 221 g/mol. The van der Waals surface area contributed by atoms with Gasteiger partial charge in [0.25, 0.3) is 0 Å². The molecule has 0 aromatic carbocycles. The maximum atomic E-state index is 11.1. The van der Waals surface area contributed by atoms with Gasteiger partial charge in [-0.2, -0.15) is 11.8 Å². The van der Waals surface area contributed by atoms with Crippen LogP contribution in [0.2, 0.25) is 0 Å². The van der Waals surface area contributed by atoms with E-state index in [9.17, 15) is 4.79 Å². The van der Waals surface area contributed by atoms with Gasteiger partial charge in [0.2, 0.25) is 0 Å². The minimum Gasteiger partial charge on any atom is -0.465 e. The van der Waals surface area contributed by atoms with E-state index in [1.807, 2.05) is 0 Å². The van der Waals surface area contributed by atoms with E-state index in [2.05, 4.69) is 0 Å². The molecule has 2 atom stereocenters. The summed E-state index contributed by atoms with van der Waals surface area (Å²) in [5.41, 5.74) is 5.56. The first-order valence-corrected chi connectivity index (χ1v) is 5.91. The number of hydrogen-bond donors (Lipinski definition) is 2. The zero-order valence-corrected chi connectivity index (χ0v) is 9.55. The Balaban J connectivity index is 3.43. The first-order valence-electron chi connectivity index (χ1n) is 4.76. The number of aliphatic hydroxyl groups is 1. The average molecular weight is 221 g/mol. The summed E-state index contributed by atoms with van der Waals surface area (Å²) < 4.78 is 4.76. The second-order valence-corrected chi connectivity index (χ2v) is 4.22. The van der Waals surface area contributed by atoms with Crippen molar-refractivity contribution < 1.29 is 14.6 Å². The van der Waals surface area contributed by atoms with E-state index in [1.165, 1.54) is 0 Å². The Bertz CT molecular complexity index is 164. The summed E-state index contributed by atoms with van der Waals surface area (Å²) in [5, 5.41) is 8.97. The van der Waals surface area contributed by atoms with E-state index in [0.717, 1.165) is 12.2 Å². The molecule has 0 aliphatic heterocycles. The van der Waals surface area contributed by atoms with Crippen molar-refractivity contribution in [1.82, 2.24) is 0 Å². The third-order valence-electron chi connectivity index (χ3n) is 1.57. The molecule has 0 rings (SSSR count). The summed E-state index contributed by atoms with van der Waals surface area (Å²) in [6.07, 6.45) is 0.432. The molecular weight excluding hydrogens is 202 g/mol. The molecule has 3 N–H and O–H groups in total. The Kier molecular flexibility index (Phi) is 7.93. The van der Waals surface area contributed by atoms with Crippen LogP contribution in [0.5, 0.6) is 0 Å². The van der Waals surface area contributed by atoms with E-state index in [4.69, 9.17) is 15.6 Å². The van der Waals surface area contributed by atoms with Crippen molar-refractivity contribution in [3.8, 4) is 0 Å². The highest BCUT2D eigenvalue weighted by atomic mass is 32.2. The van der Waals surface area contributed by atoms with Gasteiger partial charge < -0.3 is 15.6 Å². The van der Waals surface area contributed by atoms with Gasteiger partial charge in [0.05, 0.1) is 12.7 Å². The summed E-state index contributed by atoms with van der Waals surface area (Å²) in [6, 6.07) is -0.547. The van der Waals surface area contributed by atoms with Crippen molar-refractivity contribution >= 4 is 17.7 Å². The molecule has 5 heteroatoms. The van der Waals surface area contributed by atoms with Gasteiger partial charge in [-0.25, -0.2) is 0 Å². The molecular formula is C9H19NO3S. The van der Waals surface area contributed by atoms with Crippen molar-refractivity contribution in [2.75, 3.05) is 18.1 Å². The lowest BCUT2D eigenvalue weighted by molar-refractivity contribution is -0.144. The second-order valence-electron chi connectivity index (χ2n) is 3.07. The molecule has 0 aliphatic carbocycles. The molecule has 0 spiro atoms. The summed E-state index contributed by atoms with van der Waals surface area (Å²) in [5.74, 6) is 1.01. The van der Waals surface area contributed by atoms with Gasteiger partial charge in [0, 0.05) is 5.75 Å². The van der Waals surface area contributed by atoms with Crippen LogP contribution in [0.4, 0.5) is 0 Å². The Morgan fingerprint density at radius 3 is 2.79 bits per heavy atom. The Morgan fingerprint density at radius 1 is 1.64 bits per heavy atom. The standard InChI is InChI=1S/C9H19NO3S/c1-3-13-9(12)8(10)6-14-5-4-7(2)11/h7-8,11H,3-6,10H2,1-2H3. The zero-order chi connectivity index (χ0) is 11.0. The summed E-state index contributed by atoms with van der Waals surface area (Å²) >= 11 is 1.56. The third kappa shape index (κ3) is 7.17. The maximum absolute atomic E-state index is 11.1. The van der Waals surface area contributed by atoms with Crippen LogP contribution >= 0.6 is 11.8 Å². The molecule has 0 heterocycles. The molecule has 0 aromatic rings. The first kappa shape index (κ1) is 13.7. The molecule has 0 fully saturated rings. The Morgan fingerprint density at radius 2 is 2.29 bits per heavy atom. The summed E-state index contributed by atoms with van der Waals surface area (Å²) in [6.45, 7) is 3.86. The predicted molar refractivity (Wildman–Crippen MR) is 58.2 cm³/mol. The number of carbonyl (C=O) groups excluding carboxylic acids is 1. The minimum atomic E-state index is -0.547. The fourth-order valence-corrected chi connectivity index (χ4v) is 1.85. The molecule has 0 aliphatic rings. The van der Waals surface area contributed by atoms with Crippen molar-refractivity contribution in [3.63, 3.8) is 0 Å². The van der Waals surface area contributed by atoms with Crippen molar-refractivity contribution in [3.05, 3.63) is 0 Å². The molecule has 0 radical (unpaired) electrons. The molecule has 0 saturated heterocycles. The van der Waals surface area contributed by atoms with Crippen LogP contribution in [0, 0.1) is 0 Å². The first-order chi connectivity index (χ1) is 6.57. The summed E-state index contributed by atoms with van der Waals surface area (Å²) in [4.78, 5) is 11.1. The molecule has 0 bridgehead atoms. The van der Waals surface area contributed by atoms with E-state index < -0.39 is 6.04 Å². The largest absolute Gasteiger partial charge is 0.465 e. The van der Waals surface area contributed by atoms with E-state index >= 15 is 0 Å². The maximum Gasteiger partial charge on any atom is 0.323 e. The molecule has 2 unspecified atom stereocenters. The van der Waals surface area contributed by atoms with E-state index in [0.29, 0.717) is 12.4 Å². The van der Waals surface area contributed by atoms with Crippen LogP contribution in [-0.4, -0.2) is 41.3 Å². The number of thioether (sulfide) groups is 1. The molecule has 0 saturated carbocycles. The SMILES string of the molecule is CCOC(=O)C(N)CSCCC(C)O.